The Morgan fingerprint density at radius 1 is 1.28 bits per heavy atom. The van der Waals surface area contributed by atoms with Crippen LogP contribution in [0.3, 0.4) is 0 Å². The first-order valence-corrected chi connectivity index (χ1v) is 8.66. The highest BCUT2D eigenvalue weighted by molar-refractivity contribution is 5.92. The Hall–Kier alpha value is -2.31. The Balaban J connectivity index is 1.75. The average Bonchev–Trinajstić information content (AvgIpc) is 3.07. The number of likely N-dealkylation sites (tertiary alicyclic amines) is 1. The van der Waals surface area contributed by atoms with Crippen molar-refractivity contribution in [2.45, 2.75) is 45.7 Å². The van der Waals surface area contributed by atoms with Crippen molar-refractivity contribution in [1.29, 1.82) is 0 Å². The third kappa shape index (κ3) is 3.03. The van der Waals surface area contributed by atoms with E-state index in [2.05, 4.69) is 0 Å². The van der Waals surface area contributed by atoms with Crippen molar-refractivity contribution in [2.75, 3.05) is 13.1 Å². The van der Waals surface area contributed by atoms with Crippen molar-refractivity contribution in [3.05, 3.63) is 23.0 Å². The molecule has 0 radical (unpaired) electrons. The Labute approximate surface area is 147 Å². The van der Waals surface area contributed by atoms with E-state index in [1.54, 1.807) is 21.4 Å². The Bertz CT molecular complexity index is 744. The summed E-state index contributed by atoms with van der Waals surface area (Å²) >= 11 is 0. The summed E-state index contributed by atoms with van der Waals surface area (Å²) in [6, 6.07) is 1.82. The summed E-state index contributed by atoms with van der Waals surface area (Å²) in [5.41, 5.74) is 7.63. The number of carbonyl (C=O) groups is 3. The number of amides is 3. The summed E-state index contributed by atoms with van der Waals surface area (Å²) < 4.78 is 1.78. The van der Waals surface area contributed by atoms with Crippen molar-refractivity contribution in [2.24, 2.45) is 18.7 Å². The number of primary amides is 1. The molecule has 1 aromatic rings. The van der Waals surface area contributed by atoms with E-state index in [1.165, 1.54) is 0 Å². The largest absolute Gasteiger partial charge is 0.364 e. The van der Waals surface area contributed by atoms with Crippen molar-refractivity contribution in [1.82, 2.24) is 14.4 Å². The molecule has 136 valence electrons. The first kappa shape index (κ1) is 17.5. The van der Waals surface area contributed by atoms with Crippen LogP contribution in [0.4, 0.5) is 0 Å². The standard InChI is InChI=1S/C18H26N4O3/c1-18(2,3)22-9-12(8-15(22)23)17(25)21-6-5-11-7-13(16(19)24)20(4)14(11)10-21/h7,12H,5-6,8-10H2,1-4H3,(H2,19,24). The molecule has 2 aliphatic heterocycles. The average molecular weight is 346 g/mol. The lowest BCUT2D eigenvalue weighted by molar-refractivity contribution is -0.136. The molecule has 1 aromatic heterocycles. The second kappa shape index (κ2) is 5.89. The van der Waals surface area contributed by atoms with E-state index in [0.29, 0.717) is 31.7 Å². The van der Waals surface area contributed by atoms with Gasteiger partial charge >= 0.3 is 0 Å². The van der Waals surface area contributed by atoms with Gasteiger partial charge in [0.25, 0.3) is 5.91 Å². The van der Waals surface area contributed by atoms with Gasteiger partial charge in [-0.25, -0.2) is 0 Å². The van der Waals surface area contributed by atoms with Gasteiger partial charge in [0.1, 0.15) is 5.69 Å². The number of fused-ring (bicyclic) bond motifs is 1. The monoisotopic (exact) mass is 346 g/mol. The van der Waals surface area contributed by atoms with Gasteiger partial charge in [-0.15, -0.1) is 0 Å². The molecular formula is C18H26N4O3. The predicted octanol–water partition coefficient (Wildman–Crippen LogP) is 0.656. The van der Waals surface area contributed by atoms with Crippen molar-refractivity contribution in [3.8, 4) is 0 Å². The normalized spacial score (nSPS) is 20.8. The maximum absolute atomic E-state index is 12.9. The number of hydrogen-bond acceptors (Lipinski definition) is 3. The Kier molecular flexibility index (Phi) is 4.13. The number of rotatable bonds is 2. The van der Waals surface area contributed by atoms with Crippen LogP contribution < -0.4 is 5.73 Å². The van der Waals surface area contributed by atoms with E-state index in [9.17, 15) is 14.4 Å². The first-order chi connectivity index (χ1) is 11.6. The Morgan fingerprint density at radius 3 is 2.52 bits per heavy atom. The van der Waals surface area contributed by atoms with Gasteiger partial charge in [0.2, 0.25) is 11.8 Å². The van der Waals surface area contributed by atoms with Crippen LogP contribution in [-0.4, -0.2) is 50.7 Å². The van der Waals surface area contributed by atoms with Gasteiger partial charge in [0, 0.05) is 37.8 Å². The van der Waals surface area contributed by atoms with E-state index in [0.717, 1.165) is 11.3 Å². The minimum atomic E-state index is -0.461. The van der Waals surface area contributed by atoms with E-state index in [4.69, 9.17) is 5.73 Å². The lowest BCUT2D eigenvalue weighted by Crippen LogP contribution is -2.44. The van der Waals surface area contributed by atoms with Crippen molar-refractivity contribution in [3.63, 3.8) is 0 Å². The lowest BCUT2D eigenvalue weighted by Gasteiger charge is -2.33. The molecule has 25 heavy (non-hydrogen) atoms. The third-order valence-corrected chi connectivity index (χ3v) is 5.29. The third-order valence-electron chi connectivity index (χ3n) is 5.29. The van der Waals surface area contributed by atoms with Gasteiger partial charge in [0.05, 0.1) is 12.5 Å². The minimum Gasteiger partial charge on any atom is -0.364 e. The molecule has 2 aliphatic rings. The van der Waals surface area contributed by atoms with E-state index < -0.39 is 5.91 Å². The van der Waals surface area contributed by atoms with Crippen LogP contribution in [0.2, 0.25) is 0 Å². The fraction of sp³-hybridized carbons (Fsp3) is 0.611. The summed E-state index contributed by atoms with van der Waals surface area (Å²) in [4.78, 5) is 40.3. The van der Waals surface area contributed by atoms with E-state index >= 15 is 0 Å². The summed E-state index contributed by atoms with van der Waals surface area (Å²) in [5, 5.41) is 0. The molecule has 3 rings (SSSR count). The smallest absolute Gasteiger partial charge is 0.265 e. The van der Waals surface area contributed by atoms with Crippen LogP contribution in [0.1, 0.15) is 48.9 Å². The minimum absolute atomic E-state index is 0.0209. The van der Waals surface area contributed by atoms with E-state index in [-0.39, 0.29) is 29.7 Å². The highest BCUT2D eigenvalue weighted by Gasteiger charge is 2.41. The molecule has 2 N–H and O–H groups in total. The predicted molar refractivity (Wildman–Crippen MR) is 92.6 cm³/mol. The first-order valence-electron chi connectivity index (χ1n) is 8.66. The quantitative estimate of drug-likeness (QED) is 0.853. The molecule has 7 nitrogen and oxygen atoms in total. The Morgan fingerprint density at radius 2 is 1.96 bits per heavy atom. The van der Waals surface area contributed by atoms with Gasteiger partial charge in [-0.3, -0.25) is 14.4 Å². The maximum atomic E-state index is 12.9. The topological polar surface area (TPSA) is 88.6 Å². The van der Waals surface area contributed by atoms with Crippen molar-refractivity contribution < 1.29 is 14.4 Å². The van der Waals surface area contributed by atoms with Gasteiger partial charge in [-0.05, 0) is 38.8 Å². The number of hydrogen-bond donors (Lipinski definition) is 1. The molecule has 0 aliphatic carbocycles. The second-order valence-corrected chi connectivity index (χ2v) is 8.01. The zero-order chi connectivity index (χ0) is 18.5. The lowest BCUT2D eigenvalue weighted by atomic mass is 10.0. The molecule has 0 aromatic carbocycles. The molecule has 1 saturated heterocycles. The molecule has 1 atom stereocenters. The van der Waals surface area contributed by atoms with Crippen LogP contribution >= 0.6 is 0 Å². The molecule has 3 heterocycles. The fourth-order valence-electron chi connectivity index (χ4n) is 3.85. The summed E-state index contributed by atoms with van der Waals surface area (Å²) in [6.07, 6.45) is 0.977. The highest BCUT2D eigenvalue weighted by Crippen LogP contribution is 2.29. The number of nitrogens with two attached hydrogens (primary N) is 1. The van der Waals surface area contributed by atoms with Crippen LogP contribution in [0.5, 0.6) is 0 Å². The van der Waals surface area contributed by atoms with Crippen LogP contribution in [-0.2, 0) is 29.6 Å². The van der Waals surface area contributed by atoms with Crippen LogP contribution in [0.15, 0.2) is 6.07 Å². The summed E-state index contributed by atoms with van der Waals surface area (Å²) in [7, 11) is 1.80. The summed E-state index contributed by atoms with van der Waals surface area (Å²) in [6.45, 7) is 7.50. The summed E-state index contributed by atoms with van der Waals surface area (Å²) in [5.74, 6) is -0.688. The molecule has 7 heteroatoms. The number of nitrogens with zero attached hydrogens (tertiary/aromatic N) is 3. The van der Waals surface area contributed by atoms with Gasteiger partial charge in [-0.2, -0.15) is 0 Å². The number of carbonyl (C=O) groups excluding carboxylic acids is 3. The maximum Gasteiger partial charge on any atom is 0.265 e. The SMILES string of the molecule is Cn1c(C(N)=O)cc2c1CN(C(=O)C1CC(=O)N(C(C)(C)C)C1)CC2. The van der Waals surface area contributed by atoms with Crippen LogP contribution in [0.25, 0.3) is 0 Å². The highest BCUT2D eigenvalue weighted by atomic mass is 16.2. The zero-order valence-corrected chi connectivity index (χ0v) is 15.3. The van der Waals surface area contributed by atoms with Gasteiger partial charge in [-0.1, -0.05) is 0 Å². The van der Waals surface area contributed by atoms with Crippen molar-refractivity contribution >= 4 is 17.7 Å². The van der Waals surface area contributed by atoms with Gasteiger partial charge < -0.3 is 20.1 Å². The molecule has 0 spiro atoms. The molecule has 1 unspecified atom stereocenters. The molecule has 3 amide bonds. The molecule has 0 saturated carbocycles. The second-order valence-electron chi connectivity index (χ2n) is 8.01. The van der Waals surface area contributed by atoms with E-state index in [1.807, 2.05) is 26.8 Å². The zero-order valence-electron chi connectivity index (χ0n) is 15.3. The molecule has 1 fully saturated rings. The molecular weight excluding hydrogens is 320 g/mol. The van der Waals surface area contributed by atoms with Crippen LogP contribution in [0, 0.1) is 5.92 Å². The number of aromatic nitrogens is 1. The molecule has 0 bridgehead atoms. The van der Waals surface area contributed by atoms with Gasteiger partial charge in [0.15, 0.2) is 0 Å². The fourth-order valence-corrected chi connectivity index (χ4v) is 3.85.